The van der Waals surface area contributed by atoms with Crippen molar-refractivity contribution < 1.29 is 19.8 Å². The lowest BCUT2D eigenvalue weighted by molar-refractivity contribution is -0.135. The first kappa shape index (κ1) is 23.6. The van der Waals surface area contributed by atoms with E-state index < -0.39 is 18.4 Å². The van der Waals surface area contributed by atoms with Crippen LogP contribution in [0.1, 0.15) is 38.7 Å². The van der Waals surface area contributed by atoms with Gasteiger partial charge in [0.1, 0.15) is 12.4 Å². The molecule has 4 rings (SSSR count). The molecule has 8 heteroatoms. The highest BCUT2D eigenvalue weighted by molar-refractivity contribution is 5.96. The molecule has 2 heterocycles. The highest BCUT2D eigenvalue weighted by Gasteiger charge is 2.18. The largest absolute Gasteiger partial charge is 0.504 e. The standard InChI is InChI=1S/C27H24N4O4/c1-17-26(34)25(27(35)29-16-24(32)33)31-23(30-17)15-19-4-8-22(9-5-19)21-6-2-18(3-7-21)14-20-10-12-28-13-11-20/h2-13,34H,14-16H2,1H3,(H,29,35)(H,32,33). The zero-order chi connectivity index (χ0) is 24.8. The maximum atomic E-state index is 12.2. The maximum Gasteiger partial charge on any atom is 0.322 e. The van der Waals surface area contributed by atoms with Gasteiger partial charge in [0.05, 0.1) is 5.69 Å². The van der Waals surface area contributed by atoms with Gasteiger partial charge in [-0.2, -0.15) is 0 Å². The minimum absolute atomic E-state index is 0.239. The van der Waals surface area contributed by atoms with Crippen LogP contribution in [0.5, 0.6) is 5.75 Å². The van der Waals surface area contributed by atoms with Crippen molar-refractivity contribution in [2.45, 2.75) is 19.8 Å². The van der Waals surface area contributed by atoms with Crippen molar-refractivity contribution in [3.05, 3.63) is 107 Å². The molecule has 0 atom stereocenters. The molecule has 0 saturated carbocycles. The van der Waals surface area contributed by atoms with E-state index in [1.165, 1.54) is 11.1 Å². The molecule has 0 bridgehead atoms. The van der Waals surface area contributed by atoms with Crippen molar-refractivity contribution in [2.75, 3.05) is 6.54 Å². The van der Waals surface area contributed by atoms with Crippen LogP contribution in [-0.2, 0) is 17.6 Å². The summed E-state index contributed by atoms with van der Waals surface area (Å²) in [7, 11) is 0. The number of carboxylic acids is 1. The third-order valence-corrected chi connectivity index (χ3v) is 5.48. The van der Waals surface area contributed by atoms with Crippen molar-refractivity contribution in [2.24, 2.45) is 0 Å². The van der Waals surface area contributed by atoms with E-state index in [2.05, 4.69) is 44.5 Å². The number of aromatic hydroxyl groups is 1. The maximum absolute atomic E-state index is 12.2. The van der Waals surface area contributed by atoms with Gasteiger partial charge in [-0.1, -0.05) is 48.5 Å². The van der Waals surface area contributed by atoms with E-state index in [0.29, 0.717) is 12.2 Å². The molecule has 3 N–H and O–H groups in total. The van der Waals surface area contributed by atoms with Crippen LogP contribution in [-0.4, -0.2) is 43.6 Å². The second-order valence-corrected chi connectivity index (χ2v) is 8.10. The molecule has 0 unspecified atom stereocenters. The second kappa shape index (κ2) is 10.6. The molecule has 0 spiro atoms. The number of nitrogens with one attached hydrogen (secondary N) is 1. The molecule has 0 radical (unpaired) electrons. The van der Waals surface area contributed by atoms with E-state index >= 15 is 0 Å². The molecular weight excluding hydrogens is 444 g/mol. The third-order valence-electron chi connectivity index (χ3n) is 5.48. The Morgan fingerprint density at radius 2 is 1.34 bits per heavy atom. The summed E-state index contributed by atoms with van der Waals surface area (Å²) in [6.45, 7) is 0.999. The van der Waals surface area contributed by atoms with Gasteiger partial charge in [-0.3, -0.25) is 14.6 Å². The predicted molar refractivity (Wildman–Crippen MR) is 130 cm³/mol. The quantitative estimate of drug-likeness (QED) is 0.361. The van der Waals surface area contributed by atoms with E-state index in [9.17, 15) is 14.7 Å². The normalized spacial score (nSPS) is 10.7. The Balaban J connectivity index is 1.45. The molecule has 4 aromatic rings. The molecule has 0 fully saturated rings. The number of rotatable bonds is 8. The first-order valence-corrected chi connectivity index (χ1v) is 11.0. The lowest BCUT2D eigenvalue weighted by atomic mass is 9.99. The second-order valence-electron chi connectivity index (χ2n) is 8.10. The number of nitrogens with zero attached hydrogens (tertiary/aromatic N) is 3. The Hall–Kier alpha value is -4.59. The summed E-state index contributed by atoms with van der Waals surface area (Å²) in [6.07, 6.45) is 4.80. The summed E-state index contributed by atoms with van der Waals surface area (Å²) in [5.41, 5.74) is 5.55. The fraction of sp³-hybridized carbons (Fsp3) is 0.148. The smallest absolute Gasteiger partial charge is 0.322 e. The highest BCUT2D eigenvalue weighted by Crippen LogP contribution is 2.23. The molecule has 1 amide bonds. The number of aromatic nitrogens is 3. The van der Waals surface area contributed by atoms with Crippen molar-refractivity contribution in [1.82, 2.24) is 20.3 Å². The van der Waals surface area contributed by atoms with E-state index in [1.807, 2.05) is 36.4 Å². The number of aryl methyl sites for hydroxylation is 1. The van der Waals surface area contributed by atoms with Crippen LogP contribution in [0.3, 0.4) is 0 Å². The lowest BCUT2D eigenvalue weighted by Gasteiger charge is -2.10. The number of aliphatic carboxylic acids is 1. The molecule has 176 valence electrons. The van der Waals surface area contributed by atoms with E-state index in [-0.39, 0.29) is 17.1 Å². The molecular formula is C27H24N4O4. The molecule has 0 aliphatic carbocycles. The minimum Gasteiger partial charge on any atom is -0.504 e. The number of carbonyl (C=O) groups is 2. The van der Waals surface area contributed by atoms with Gasteiger partial charge in [-0.25, -0.2) is 9.97 Å². The van der Waals surface area contributed by atoms with E-state index in [4.69, 9.17) is 5.11 Å². The summed E-state index contributed by atoms with van der Waals surface area (Å²) >= 11 is 0. The number of hydrogen-bond donors (Lipinski definition) is 3. The summed E-state index contributed by atoms with van der Waals surface area (Å²) in [4.78, 5) is 35.4. The van der Waals surface area contributed by atoms with Crippen LogP contribution in [0.4, 0.5) is 0 Å². The average molecular weight is 469 g/mol. The number of amides is 1. The Kier molecular flexibility index (Phi) is 7.11. The average Bonchev–Trinajstić information content (AvgIpc) is 2.86. The van der Waals surface area contributed by atoms with Gasteiger partial charge in [0.25, 0.3) is 5.91 Å². The van der Waals surface area contributed by atoms with E-state index in [0.717, 1.165) is 23.1 Å². The van der Waals surface area contributed by atoms with Gasteiger partial charge < -0.3 is 15.5 Å². The first-order valence-electron chi connectivity index (χ1n) is 11.0. The number of carbonyl (C=O) groups excluding carboxylic acids is 1. The highest BCUT2D eigenvalue weighted by atomic mass is 16.4. The number of pyridine rings is 1. The molecule has 0 saturated heterocycles. The van der Waals surface area contributed by atoms with Gasteiger partial charge in [0.2, 0.25) is 0 Å². The predicted octanol–water partition coefficient (Wildman–Crippen LogP) is 3.55. The fourth-order valence-electron chi connectivity index (χ4n) is 3.65. The van der Waals surface area contributed by atoms with Gasteiger partial charge in [0.15, 0.2) is 11.4 Å². The summed E-state index contributed by atoms with van der Waals surface area (Å²) < 4.78 is 0. The van der Waals surface area contributed by atoms with Crippen molar-refractivity contribution >= 4 is 11.9 Å². The summed E-state index contributed by atoms with van der Waals surface area (Å²) in [5, 5.41) is 21.1. The van der Waals surface area contributed by atoms with Crippen molar-refractivity contribution in [1.29, 1.82) is 0 Å². The van der Waals surface area contributed by atoms with Crippen LogP contribution in [0.2, 0.25) is 0 Å². The van der Waals surface area contributed by atoms with Gasteiger partial charge in [-0.15, -0.1) is 0 Å². The number of benzene rings is 2. The fourth-order valence-corrected chi connectivity index (χ4v) is 3.65. The van der Waals surface area contributed by atoms with Crippen molar-refractivity contribution in [3.8, 4) is 16.9 Å². The van der Waals surface area contributed by atoms with Gasteiger partial charge >= 0.3 is 5.97 Å². The summed E-state index contributed by atoms with van der Waals surface area (Å²) in [5.74, 6) is -1.96. The lowest BCUT2D eigenvalue weighted by Crippen LogP contribution is -2.30. The monoisotopic (exact) mass is 468 g/mol. The zero-order valence-electron chi connectivity index (χ0n) is 19.1. The van der Waals surface area contributed by atoms with E-state index in [1.54, 1.807) is 19.3 Å². The Morgan fingerprint density at radius 3 is 1.91 bits per heavy atom. The Morgan fingerprint density at radius 1 is 0.800 bits per heavy atom. The van der Waals surface area contributed by atoms with Crippen LogP contribution >= 0.6 is 0 Å². The SMILES string of the molecule is Cc1nc(Cc2ccc(-c3ccc(Cc4ccncc4)cc3)cc2)nc(C(=O)NCC(=O)O)c1O. The zero-order valence-corrected chi connectivity index (χ0v) is 19.1. The van der Waals surface area contributed by atoms with Gasteiger partial charge in [0, 0.05) is 18.8 Å². The number of hydrogen-bond acceptors (Lipinski definition) is 6. The molecule has 0 aliphatic rings. The van der Waals surface area contributed by atoms with Crippen LogP contribution in [0, 0.1) is 6.92 Å². The Labute approximate surface area is 202 Å². The molecule has 2 aromatic carbocycles. The number of carboxylic acid groups (broad SMARTS) is 1. The van der Waals surface area contributed by atoms with Crippen molar-refractivity contribution in [3.63, 3.8) is 0 Å². The van der Waals surface area contributed by atoms with Crippen LogP contribution in [0.15, 0.2) is 73.1 Å². The van der Waals surface area contributed by atoms with Crippen LogP contribution < -0.4 is 5.32 Å². The first-order chi connectivity index (χ1) is 16.9. The third kappa shape index (κ3) is 6.05. The molecule has 2 aromatic heterocycles. The summed E-state index contributed by atoms with van der Waals surface area (Å²) in [6, 6.07) is 20.4. The topological polar surface area (TPSA) is 125 Å². The molecule has 8 nitrogen and oxygen atoms in total. The molecule has 35 heavy (non-hydrogen) atoms. The molecule has 0 aliphatic heterocycles. The minimum atomic E-state index is -1.19. The van der Waals surface area contributed by atoms with Gasteiger partial charge in [-0.05, 0) is 53.3 Å². The van der Waals surface area contributed by atoms with Crippen LogP contribution in [0.25, 0.3) is 11.1 Å². The Bertz CT molecular complexity index is 1340.